The van der Waals surface area contributed by atoms with Crippen molar-refractivity contribution in [3.63, 3.8) is 0 Å². The van der Waals surface area contributed by atoms with E-state index in [-0.39, 0.29) is 12.4 Å². The molecule has 2 aliphatic rings. The standard InChI is InChI=1S/C32H29BrN2O6/c1-5-41-31(37)32(18-34)27-15-12-19-8-6-7-9-23(19)35(27)29(30(36)21-11-13-24(38-2)22(33)16-21)28(32)20-10-14-25(39-3)26(17-20)40-4/h6-17,27-29H,5H2,1-4H3/t27-,28-,29-,32+/m0/s1. The molecular formula is C32H29BrN2O6. The molecule has 8 nitrogen and oxygen atoms in total. The number of fused-ring (bicyclic) bond motifs is 3. The molecule has 0 aliphatic carbocycles. The molecule has 3 aromatic rings. The van der Waals surface area contributed by atoms with Gasteiger partial charge in [-0.2, -0.15) is 5.26 Å². The number of hydrogen-bond donors (Lipinski definition) is 0. The molecule has 0 saturated carbocycles. The molecule has 2 aliphatic heterocycles. The van der Waals surface area contributed by atoms with Crippen molar-refractivity contribution < 1.29 is 28.5 Å². The maximum absolute atomic E-state index is 14.7. The average Bonchev–Trinajstić information content (AvgIpc) is 3.32. The molecule has 3 aromatic carbocycles. The first-order chi connectivity index (χ1) is 19.9. The second-order valence-corrected chi connectivity index (χ2v) is 10.6. The minimum atomic E-state index is -1.76. The molecule has 0 radical (unpaired) electrons. The summed E-state index contributed by atoms with van der Waals surface area (Å²) in [5, 5.41) is 10.9. The molecule has 1 saturated heterocycles. The van der Waals surface area contributed by atoms with Gasteiger partial charge in [0, 0.05) is 17.2 Å². The zero-order valence-corrected chi connectivity index (χ0v) is 24.7. The monoisotopic (exact) mass is 616 g/mol. The Hall–Kier alpha value is -4.29. The fourth-order valence-electron chi connectivity index (χ4n) is 6.03. The Balaban J connectivity index is 1.82. The SMILES string of the molecule is CCOC(=O)[C@]1(C#N)[C@@H]2C=Cc3ccccc3N2[C@H](C(=O)c2ccc(OC)c(Br)c2)[C@@H]1c1ccc(OC)c(OC)c1. The number of anilines is 1. The summed E-state index contributed by atoms with van der Waals surface area (Å²) < 4.78 is 22.6. The average molecular weight is 617 g/mol. The summed E-state index contributed by atoms with van der Waals surface area (Å²) >= 11 is 3.49. The quantitative estimate of drug-likeness (QED) is 0.231. The van der Waals surface area contributed by atoms with Gasteiger partial charge in [-0.1, -0.05) is 36.4 Å². The maximum atomic E-state index is 14.7. The summed E-state index contributed by atoms with van der Waals surface area (Å²) in [6.45, 7) is 1.78. The van der Waals surface area contributed by atoms with Crippen molar-refractivity contribution in [2.45, 2.75) is 24.9 Å². The van der Waals surface area contributed by atoms with Crippen molar-refractivity contribution in [1.29, 1.82) is 5.26 Å². The predicted octanol–water partition coefficient (Wildman–Crippen LogP) is 5.80. The third kappa shape index (κ3) is 4.43. The zero-order chi connectivity index (χ0) is 29.3. The van der Waals surface area contributed by atoms with E-state index in [1.807, 2.05) is 41.3 Å². The molecule has 4 atom stereocenters. The third-order valence-electron chi connectivity index (χ3n) is 7.82. The van der Waals surface area contributed by atoms with E-state index in [9.17, 15) is 14.9 Å². The van der Waals surface area contributed by atoms with Gasteiger partial charge in [-0.25, -0.2) is 0 Å². The van der Waals surface area contributed by atoms with Gasteiger partial charge in [0.2, 0.25) is 0 Å². The van der Waals surface area contributed by atoms with Crippen molar-refractivity contribution >= 4 is 39.4 Å². The van der Waals surface area contributed by atoms with Crippen molar-refractivity contribution in [2.75, 3.05) is 32.8 Å². The Morgan fingerprint density at radius 1 is 0.976 bits per heavy atom. The van der Waals surface area contributed by atoms with Gasteiger partial charge < -0.3 is 23.8 Å². The lowest BCUT2D eigenvalue weighted by Gasteiger charge is -2.36. The highest BCUT2D eigenvalue weighted by atomic mass is 79.9. The van der Waals surface area contributed by atoms with E-state index in [2.05, 4.69) is 22.0 Å². The molecule has 0 aromatic heterocycles. The highest BCUT2D eigenvalue weighted by Gasteiger charge is 2.67. The maximum Gasteiger partial charge on any atom is 0.329 e. The zero-order valence-electron chi connectivity index (χ0n) is 23.1. The van der Waals surface area contributed by atoms with E-state index in [1.54, 1.807) is 50.4 Å². The number of carbonyl (C=O) groups excluding carboxylic acids is 2. The van der Waals surface area contributed by atoms with Gasteiger partial charge in [0.25, 0.3) is 0 Å². The normalized spacial score (nSPS) is 22.2. The minimum Gasteiger partial charge on any atom is -0.496 e. The third-order valence-corrected chi connectivity index (χ3v) is 8.43. The van der Waals surface area contributed by atoms with Crippen LogP contribution in [0.25, 0.3) is 6.08 Å². The van der Waals surface area contributed by atoms with Crippen LogP contribution in [0.15, 0.2) is 71.2 Å². The van der Waals surface area contributed by atoms with E-state index in [4.69, 9.17) is 18.9 Å². The number of nitrogens with zero attached hydrogens (tertiary/aromatic N) is 2. The van der Waals surface area contributed by atoms with Crippen molar-refractivity contribution in [1.82, 2.24) is 0 Å². The molecule has 0 unspecified atom stereocenters. The number of carbonyl (C=O) groups is 2. The van der Waals surface area contributed by atoms with E-state index in [0.717, 1.165) is 11.3 Å². The number of nitriles is 1. The number of halogens is 1. The van der Waals surface area contributed by atoms with Gasteiger partial charge >= 0.3 is 5.97 Å². The second kappa shape index (κ2) is 11.3. The Morgan fingerprint density at radius 3 is 2.34 bits per heavy atom. The number of ether oxygens (including phenoxy) is 4. The first-order valence-corrected chi connectivity index (χ1v) is 13.9. The van der Waals surface area contributed by atoms with E-state index in [1.165, 1.54) is 14.2 Å². The summed E-state index contributed by atoms with van der Waals surface area (Å²) in [4.78, 5) is 30.5. The van der Waals surface area contributed by atoms with Crippen LogP contribution in [0.5, 0.6) is 17.2 Å². The summed E-state index contributed by atoms with van der Waals surface area (Å²) in [6.07, 6.45) is 3.72. The summed E-state index contributed by atoms with van der Waals surface area (Å²) in [7, 11) is 4.59. The molecule has 210 valence electrons. The fraction of sp³-hybridized carbons (Fsp3) is 0.281. The summed E-state index contributed by atoms with van der Waals surface area (Å²) in [5.41, 5.74) is 0.836. The number of Topliss-reactive ketones (excluding diaryl/α,β-unsaturated/α-hetero) is 1. The molecule has 0 bridgehead atoms. The van der Waals surface area contributed by atoms with Crippen LogP contribution in [-0.4, -0.2) is 51.8 Å². The fourth-order valence-corrected chi connectivity index (χ4v) is 6.57. The largest absolute Gasteiger partial charge is 0.496 e. The van der Waals surface area contributed by atoms with Crippen LogP contribution in [0, 0.1) is 16.7 Å². The smallest absolute Gasteiger partial charge is 0.329 e. The summed E-state index contributed by atoms with van der Waals surface area (Å²) in [6, 6.07) is 18.6. The van der Waals surface area contributed by atoms with Crippen LogP contribution in [0.2, 0.25) is 0 Å². The van der Waals surface area contributed by atoms with Crippen LogP contribution in [0.3, 0.4) is 0 Å². The molecule has 0 N–H and O–H groups in total. The number of ketones is 1. The molecule has 5 rings (SSSR count). The Morgan fingerprint density at radius 2 is 1.68 bits per heavy atom. The Labute approximate surface area is 247 Å². The number of rotatable bonds is 8. The Bertz CT molecular complexity index is 1580. The molecule has 1 fully saturated rings. The van der Waals surface area contributed by atoms with Gasteiger partial charge in [0.05, 0.1) is 44.5 Å². The number of para-hydroxylation sites is 1. The lowest BCUT2D eigenvalue weighted by atomic mass is 9.68. The van der Waals surface area contributed by atoms with Gasteiger partial charge in [-0.15, -0.1) is 0 Å². The molecular weight excluding hydrogens is 588 g/mol. The first-order valence-electron chi connectivity index (χ1n) is 13.1. The van der Waals surface area contributed by atoms with Crippen LogP contribution < -0.4 is 19.1 Å². The molecule has 0 amide bonds. The van der Waals surface area contributed by atoms with Crippen molar-refractivity contribution in [3.8, 4) is 23.3 Å². The second-order valence-electron chi connectivity index (χ2n) is 9.72. The number of esters is 1. The molecule has 2 heterocycles. The van der Waals surface area contributed by atoms with Gasteiger partial charge in [0.1, 0.15) is 11.8 Å². The number of hydrogen-bond acceptors (Lipinski definition) is 8. The van der Waals surface area contributed by atoms with Crippen molar-refractivity contribution in [3.05, 3.63) is 87.9 Å². The number of methoxy groups -OCH3 is 3. The molecule has 0 spiro atoms. The van der Waals surface area contributed by atoms with E-state index in [0.29, 0.717) is 32.8 Å². The van der Waals surface area contributed by atoms with Gasteiger partial charge in [-0.05, 0) is 70.4 Å². The lowest BCUT2D eigenvalue weighted by molar-refractivity contribution is -0.152. The molecule has 9 heteroatoms. The lowest BCUT2D eigenvalue weighted by Crippen LogP contribution is -2.47. The summed E-state index contributed by atoms with van der Waals surface area (Å²) in [5.74, 6) is -0.401. The Kier molecular flexibility index (Phi) is 7.78. The van der Waals surface area contributed by atoms with Crippen LogP contribution in [0.1, 0.15) is 34.3 Å². The number of benzene rings is 3. The highest BCUT2D eigenvalue weighted by molar-refractivity contribution is 9.10. The van der Waals surface area contributed by atoms with Crippen molar-refractivity contribution in [2.24, 2.45) is 5.41 Å². The van der Waals surface area contributed by atoms with Gasteiger partial charge in [-0.3, -0.25) is 9.59 Å². The van der Waals surface area contributed by atoms with Crippen LogP contribution in [0.4, 0.5) is 5.69 Å². The first kappa shape index (κ1) is 28.2. The van der Waals surface area contributed by atoms with Crippen LogP contribution in [-0.2, 0) is 9.53 Å². The van der Waals surface area contributed by atoms with E-state index >= 15 is 0 Å². The predicted molar refractivity (Wildman–Crippen MR) is 158 cm³/mol. The van der Waals surface area contributed by atoms with Gasteiger partial charge in [0.15, 0.2) is 22.7 Å². The molecule has 41 heavy (non-hydrogen) atoms. The topological polar surface area (TPSA) is 98.1 Å². The van der Waals surface area contributed by atoms with Crippen LogP contribution >= 0.6 is 15.9 Å². The highest BCUT2D eigenvalue weighted by Crippen LogP contribution is 2.57. The van der Waals surface area contributed by atoms with E-state index < -0.39 is 29.4 Å². The minimum absolute atomic E-state index is 0.0813.